The quantitative estimate of drug-likeness (QED) is 0.330. The van der Waals surface area contributed by atoms with Crippen molar-refractivity contribution < 1.29 is 5.21 Å². The molecule has 25 heavy (non-hydrogen) atoms. The summed E-state index contributed by atoms with van der Waals surface area (Å²) in [5.74, 6) is 0.749. The number of nitrogens with one attached hydrogen (secondary N) is 1. The summed E-state index contributed by atoms with van der Waals surface area (Å²) in [4.78, 5) is 4.48. The van der Waals surface area contributed by atoms with Crippen molar-refractivity contribution in [3.63, 3.8) is 0 Å². The van der Waals surface area contributed by atoms with Gasteiger partial charge >= 0.3 is 0 Å². The second-order valence-corrected chi connectivity index (χ2v) is 5.66. The predicted octanol–water partition coefficient (Wildman–Crippen LogP) is 3.39. The maximum atomic E-state index is 8.80. The van der Waals surface area contributed by atoms with Gasteiger partial charge < -0.3 is 16.3 Å². The molecular formula is C17H19ClN6O. The van der Waals surface area contributed by atoms with Crippen molar-refractivity contribution in [1.29, 1.82) is 0 Å². The van der Waals surface area contributed by atoms with E-state index in [0.29, 0.717) is 22.3 Å². The van der Waals surface area contributed by atoms with Crippen molar-refractivity contribution in [2.75, 3.05) is 5.32 Å². The summed E-state index contributed by atoms with van der Waals surface area (Å²) in [5, 5.41) is 19.9. The summed E-state index contributed by atoms with van der Waals surface area (Å²) in [6, 6.07) is 8.97. The molecule has 0 fully saturated rings. The molecule has 2 aromatic rings. The van der Waals surface area contributed by atoms with E-state index in [4.69, 9.17) is 22.5 Å². The first-order valence-electron chi connectivity index (χ1n) is 7.38. The number of aryl methyl sites for hydroxylation is 2. The highest BCUT2D eigenvalue weighted by Gasteiger charge is 2.10. The van der Waals surface area contributed by atoms with Crippen LogP contribution in [0.3, 0.4) is 0 Å². The zero-order valence-corrected chi connectivity index (χ0v) is 14.7. The minimum atomic E-state index is 0.351. The highest BCUT2D eigenvalue weighted by Crippen LogP contribution is 2.16. The molecule has 2 rings (SSSR count). The van der Waals surface area contributed by atoms with E-state index in [-0.39, 0.29) is 0 Å². The van der Waals surface area contributed by atoms with Crippen molar-refractivity contribution in [3.8, 4) is 0 Å². The Bertz CT molecular complexity index is 849. The number of aliphatic imine (C=N–C) groups is 1. The Balaban J connectivity index is 2.42. The standard InChI is InChI=1S/C17H19ClN6O/c1-11(10-20-25)17(21-15-6-4-14(18)5-7-15)22-16(9-19)24-13(3)8-12(2)23-24/h4-10,25H,1,19H2,2-3H3,(H,21,22)/b16-9+,20-10+. The molecule has 4 N–H and O–H groups in total. The summed E-state index contributed by atoms with van der Waals surface area (Å²) in [6.45, 7) is 7.62. The lowest BCUT2D eigenvalue weighted by Gasteiger charge is -2.12. The van der Waals surface area contributed by atoms with E-state index in [9.17, 15) is 0 Å². The molecule has 1 aromatic heterocycles. The number of anilines is 1. The maximum Gasteiger partial charge on any atom is 0.171 e. The van der Waals surface area contributed by atoms with Crippen LogP contribution in [0.1, 0.15) is 11.4 Å². The Morgan fingerprint density at radius 2 is 2.04 bits per heavy atom. The number of amidine groups is 1. The van der Waals surface area contributed by atoms with E-state index in [1.165, 1.54) is 12.4 Å². The Morgan fingerprint density at radius 1 is 1.36 bits per heavy atom. The summed E-state index contributed by atoms with van der Waals surface area (Å²) in [5.41, 5.74) is 8.55. The molecule has 0 saturated carbocycles. The lowest BCUT2D eigenvalue weighted by Crippen LogP contribution is -2.17. The molecule has 8 heteroatoms. The van der Waals surface area contributed by atoms with Crippen LogP contribution in [0, 0.1) is 13.8 Å². The highest BCUT2D eigenvalue weighted by molar-refractivity contribution is 6.30. The number of rotatable bonds is 5. The molecule has 0 unspecified atom stereocenters. The van der Waals surface area contributed by atoms with Gasteiger partial charge in [0.25, 0.3) is 0 Å². The van der Waals surface area contributed by atoms with E-state index >= 15 is 0 Å². The Hall–Kier alpha value is -3.06. The SMILES string of the molecule is C=C(/C=N/O)/C(=N\C(=C/N)n1nc(C)cc1C)Nc1ccc(Cl)cc1. The molecule has 130 valence electrons. The monoisotopic (exact) mass is 358 g/mol. The van der Waals surface area contributed by atoms with E-state index in [1.807, 2.05) is 19.9 Å². The number of aromatic nitrogens is 2. The van der Waals surface area contributed by atoms with Gasteiger partial charge in [0.1, 0.15) is 5.84 Å². The second-order valence-electron chi connectivity index (χ2n) is 5.23. The van der Waals surface area contributed by atoms with Crippen LogP contribution in [-0.4, -0.2) is 27.0 Å². The van der Waals surface area contributed by atoms with Gasteiger partial charge in [-0.2, -0.15) is 5.10 Å². The van der Waals surface area contributed by atoms with Crippen LogP contribution in [0.5, 0.6) is 0 Å². The molecule has 0 amide bonds. The van der Waals surface area contributed by atoms with Crippen molar-refractivity contribution >= 4 is 35.2 Å². The van der Waals surface area contributed by atoms with Crippen molar-refractivity contribution in [2.24, 2.45) is 15.9 Å². The van der Waals surface area contributed by atoms with E-state index in [0.717, 1.165) is 17.1 Å². The number of nitrogens with zero attached hydrogens (tertiary/aromatic N) is 4. The zero-order chi connectivity index (χ0) is 18.4. The maximum absolute atomic E-state index is 8.80. The molecule has 7 nitrogen and oxygen atoms in total. The van der Waals surface area contributed by atoms with Crippen LogP contribution < -0.4 is 11.1 Å². The summed E-state index contributed by atoms with van der Waals surface area (Å²) in [7, 11) is 0. The minimum Gasteiger partial charge on any atom is -0.411 e. The molecule has 0 saturated heterocycles. The second kappa shape index (κ2) is 8.16. The third-order valence-electron chi connectivity index (χ3n) is 3.23. The van der Waals surface area contributed by atoms with E-state index in [1.54, 1.807) is 28.9 Å². The molecule has 1 aromatic carbocycles. The van der Waals surface area contributed by atoms with Crippen LogP contribution in [0.25, 0.3) is 5.82 Å². The lowest BCUT2D eigenvalue weighted by atomic mass is 10.2. The van der Waals surface area contributed by atoms with E-state index in [2.05, 4.69) is 27.1 Å². The number of benzene rings is 1. The molecular weight excluding hydrogens is 340 g/mol. The van der Waals surface area contributed by atoms with Gasteiger partial charge in [0.05, 0.1) is 11.9 Å². The first kappa shape index (κ1) is 18.3. The third-order valence-corrected chi connectivity index (χ3v) is 3.48. The van der Waals surface area contributed by atoms with Crippen LogP contribution in [0.15, 0.2) is 58.8 Å². The predicted molar refractivity (Wildman–Crippen MR) is 102 cm³/mol. The molecule has 0 bridgehead atoms. The summed E-state index contributed by atoms with van der Waals surface area (Å²) >= 11 is 5.90. The fraction of sp³-hybridized carbons (Fsp3) is 0.118. The van der Waals surface area contributed by atoms with Crippen LogP contribution in [0.4, 0.5) is 5.69 Å². The molecule has 1 heterocycles. The number of halogens is 1. The number of hydrogen-bond acceptors (Lipinski definition) is 5. The van der Waals surface area contributed by atoms with Gasteiger partial charge in [-0.15, -0.1) is 0 Å². The van der Waals surface area contributed by atoms with Crippen molar-refractivity contribution in [1.82, 2.24) is 9.78 Å². The smallest absolute Gasteiger partial charge is 0.171 e. The molecule has 0 aliphatic rings. The average Bonchev–Trinajstić information content (AvgIpc) is 2.91. The normalized spacial score (nSPS) is 12.6. The average molecular weight is 359 g/mol. The first-order chi connectivity index (χ1) is 11.9. The molecule has 0 atom stereocenters. The van der Waals surface area contributed by atoms with Gasteiger partial charge in [0.15, 0.2) is 5.82 Å². The molecule has 0 aliphatic carbocycles. The van der Waals surface area contributed by atoms with Crippen molar-refractivity contribution in [3.05, 3.63) is 65.1 Å². The first-order valence-corrected chi connectivity index (χ1v) is 7.76. The van der Waals surface area contributed by atoms with Gasteiger partial charge in [0.2, 0.25) is 0 Å². The van der Waals surface area contributed by atoms with Gasteiger partial charge in [0, 0.05) is 28.2 Å². The topological polar surface area (TPSA) is 101 Å². The highest BCUT2D eigenvalue weighted by atomic mass is 35.5. The largest absolute Gasteiger partial charge is 0.411 e. The van der Waals surface area contributed by atoms with Crippen LogP contribution >= 0.6 is 11.6 Å². The third kappa shape index (κ3) is 4.71. The Kier molecular flexibility index (Phi) is 5.97. The van der Waals surface area contributed by atoms with Gasteiger partial charge in [-0.3, -0.25) is 0 Å². The fourth-order valence-electron chi connectivity index (χ4n) is 2.11. The fourth-order valence-corrected chi connectivity index (χ4v) is 2.24. The number of nitrogens with two attached hydrogens (primary N) is 1. The zero-order valence-electron chi connectivity index (χ0n) is 13.9. The van der Waals surface area contributed by atoms with Crippen LogP contribution in [0.2, 0.25) is 5.02 Å². The Labute approximate surface area is 150 Å². The molecule has 0 radical (unpaired) electrons. The van der Waals surface area contributed by atoms with Crippen molar-refractivity contribution in [2.45, 2.75) is 13.8 Å². The Morgan fingerprint density at radius 3 is 2.56 bits per heavy atom. The molecule has 0 aliphatic heterocycles. The summed E-state index contributed by atoms with van der Waals surface area (Å²) in [6.07, 6.45) is 2.52. The number of oxime groups is 1. The van der Waals surface area contributed by atoms with E-state index < -0.39 is 0 Å². The number of hydrogen-bond donors (Lipinski definition) is 3. The minimum absolute atomic E-state index is 0.351. The lowest BCUT2D eigenvalue weighted by molar-refractivity contribution is 0.322. The van der Waals surface area contributed by atoms with Gasteiger partial charge in [-0.05, 0) is 44.2 Å². The molecule has 0 spiro atoms. The van der Waals surface area contributed by atoms with Crippen LogP contribution in [-0.2, 0) is 0 Å². The summed E-state index contributed by atoms with van der Waals surface area (Å²) < 4.78 is 1.61. The van der Waals surface area contributed by atoms with Gasteiger partial charge in [-0.25, -0.2) is 9.67 Å². The van der Waals surface area contributed by atoms with Gasteiger partial charge in [-0.1, -0.05) is 23.3 Å².